The van der Waals surface area contributed by atoms with Crippen molar-refractivity contribution < 1.29 is 4.39 Å². The van der Waals surface area contributed by atoms with Crippen molar-refractivity contribution in [1.82, 2.24) is 0 Å². The molecule has 0 radical (unpaired) electrons. The van der Waals surface area contributed by atoms with Crippen LogP contribution in [0.5, 0.6) is 0 Å². The van der Waals surface area contributed by atoms with Crippen LogP contribution in [0.4, 0.5) is 4.39 Å². The molecular weight excluding hydrogens is 211 g/mol. The molecule has 0 bridgehead atoms. The Morgan fingerprint density at radius 2 is 1.33 bits per heavy atom. The van der Waals surface area contributed by atoms with E-state index >= 15 is 0 Å². The van der Waals surface area contributed by atoms with Crippen LogP contribution in [0.15, 0.2) is 54.6 Å². The van der Waals surface area contributed by atoms with Crippen LogP contribution in [0.1, 0.15) is 16.5 Å². The SMILES string of the molecule is Fc1ccc(C(Cl)c2ccccc2)cc1. The highest BCUT2D eigenvalue weighted by atomic mass is 35.5. The maximum Gasteiger partial charge on any atom is 0.123 e. The molecule has 2 rings (SSSR count). The Kier molecular flexibility index (Phi) is 3.02. The molecule has 1 unspecified atom stereocenters. The largest absolute Gasteiger partial charge is 0.207 e. The van der Waals surface area contributed by atoms with Crippen molar-refractivity contribution >= 4 is 11.6 Å². The van der Waals surface area contributed by atoms with E-state index in [0.29, 0.717) is 0 Å². The first-order chi connectivity index (χ1) is 7.27. The molecular formula is C13H10ClF. The van der Waals surface area contributed by atoms with Gasteiger partial charge in [0.15, 0.2) is 0 Å². The van der Waals surface area contributed by atoms with Crippen LogP contribution in [0.3, 0.4) is 0 Å². The molecule has 0 aliphatic carbocycles. The fourth-order valence-corrected chi connectivity index (χ4v) is 1.74. The van der Waals surface area contributed by atoms with Gasteiger partial charge in [-0.2, -0.15) is 0 Å². The third kappa shape index (κ3) is 2.37. The van der Waals surface area contributed by atoms with Gasteiger partial charge >= 0.3 is 0 Å². The molecule has 0 saturated heterocycles. The molecule has 0 aliphatic heterocycles. The minimum atomic E-state index is -0.240. The molecule has 2 heteroatoms. The minimum absolute atomic E-state index is 0.216. The van der Waals surface area contributed by atoms with Crippen LogP contribution >= 0.6 is 11.6 Å². The first-order valence-electron chi connectivity index (χ1n) is 4.72. The first kappa shape index (κ1) is 10.2. The van der Waals surface area contributed by atoms with Crippen molar-refractivity contribution in [2.75, 3.05) is 0 Å². The van der Waals surface area contributed by atoms with Gasteiger partial charge in [-0.3, -0.25) is 0 Å². The van der Waals surface area contributed by atoms with Gasteiger partial charge in [0, 0.05) is 0 Å². The molecule has 0 heterocycles. The second-order valence-corrected chi connectivity index (χ2v) is 3.76. The average Bonchev–Trinajstić information content (AvgIpc) is 2.30. The molecule has 1 atom stereocenters. The Morgan fingerprint density at radius 3 is 1.93 bits per heavy atom. The standard InChI is InChI=1S/C13H10ClF/c14-13(10-4-2-1-3-5-10)11-6-8-12(15)9-7-11/h1-9,13H. The van der Waals surface area contributed by atoms with Crippen molar-refractivity contribution in [1.29, 1.82) is 0 Å². The number of benzene rings is 2. The Bertz CT molecular complexity index is 422. The van der Waals surface area contributed by atoms with Crippen LogP contribution in [0, 0.1) is 5.82 Å². The Hall–Kier alpha value is -1.34. The van der Waals surface area contributed by atoms with Crippen LogP contribution in [0.2, 0.25) is 0 Å². The maximum absolute atomic E-state index is 12.7. The van der Waals surface area contributed by atoms with Crippen LogP contribution < -0.4 is 0 Å². The lowest BCUT2D eigenvalue weighted by molar-refractivity contribution is 0.627. The summed E-state index contributed by atoms with van der Waals surface area (Å²) in [5, 5.41) is -0.216. The summed E-state index contributed by atoms with van der Waals surface area (Å²) in [6, 6.07) is 16.0. The summed E-state index contributed by atoms with van der Waals surface area (Å²) in [5.74, 6) is -0.240. The number of alkyl halides is 1. The van der Waals surface area contributed by atoms with Crippen LogP contribution in [-0.4, -0.2) is 0 Å². The smallest absolute Gasteiger partial charge is 0.123 e. The predicted octanol–water partition coefficient (Wildman–Crippen LogP) is 4.15. The second-order valence-electron chi connectivity index (χ2n) is 3.32. The highest BCUT2D eigenvalue weighted by molar-refractivity contribution is 6.22. The zero-order chi connectivity index (χ0) is 10.7. The van der Waals surface area contributed by atoms with Gasteiger partial charge in [0.2, 0.25) is 0 Å². The lowest BCUT2D eigenvalue weighted by Crippen LogP contribution is -1.92. The molecule has 0 aliphatic rings. The average molecular weight is 221 g/mol. The van der Waals surface area contributed by atoms with Crippen molar-refractivity contribution in [2.24, 2.45) is 0 Å². The molecule has 76 valence electrons. The van der Waals surface area contributed by atoms with Crippen molar-refractivity contribution in [3.63, 3.8) is 0 Å². The minimum Gasteiger partial charge on any atom is -0.207 e. The summed E-state index contributed by atoms with van der Waals surface area (Å²) in [7, 11) is 0. The zero-order valence-electron chi connectivity index (χ0n) is 8.03. The summed E-state index contributed by atoms with van der Waals surface area (Å²) in [4.78, 5) is 0. The third-order valence-electron chi connectivity index (χ3n) is 2.25. The van der Waals surface area contributed by atoms with E-state index in [9.17, 15) is 4.39 Å². The summed E-state index contributed by atoms with van der Waals surface area (Å²) < 4.78 is 12.7. The lowest BCUT2D eigenvalue weighted by Gasteiger charge is -2.09. The first-order valence-corrected chi connectivity index (χ1v) is 5.15. The van der Waals surface area contributed by atoms with E-state index < -0.39 is 0 Å². The van der Waals surface area contributed by atoms with E-state index in [1.54, 1.807) is 12.1 Å². The van der Waals surface area contributed by atoms with Gasteiger partial charge in [-0.1, -0.05) is 42.5 Å². The molecule has 0 amide bonds. The van der Waals surface area contributed by atoms with E-state index in [1.807, 2.05) is 30.3 Å². The van der Waals surface area contributed by atoms with Crippen LogP contribution in [0.25, 0.3) is 0 Å². The van der Waals surface area contributed by atoms with E-state index in [2.05, 4.69) is 0 Å². The van der Waals surface area contributed by atoms with Gasteiger partial charge in [-0.15, -0.1) is 11.6 Å². The number of hydrogen-bond acceptors (Lipinski definition) is 0. The summed E-state index contributed by atoms with van der Waals surface area (Å²) in [6.07, 6.45) is 0. The topological polar surface area (TPSA) is 0 Å². The van der Waals surface area contributed by atoms with Crippen molar-refractivity contribution in [3.8, 4) is 0 Å². The Balaban J connectivity index is 2.29. The quantitative estimate of drug-likeness (QED) is 0.667. The van der Waals surface area contributed by atoms with E-state index in [1.165, 1.54) is 12.1 Å². The van der Waals surface area contributed by atoms with Crippen LogP contribution in [-0.2, 0) is 0 Å². The highest BCUT2D eigenvalue weighted by Crippen LogP contribution is 2.28. The number of rotatable bonds is 2. The van der Waals surface area contributed by atoms with Gasteiger partial charge in [-0.05, 0) is 23.3 Å². The molecule has 0 N–H and O–H groups in total. The van der Waals surface area contributed by atoms with E-state index in [0.717, 1.165) is 11.1 Å². The Morgan fingerprint density at radius 1 is 0.800 bits per heavy atom. The van der Waals surface area contributed by atoms with Crippen molar-refractivity contribution in [3.05, 3.63) is 71.5 Å². The molecule has 0 saturated carbocycles. The second kappa shape index (κ2) is 4.45. The number of halogens is 2. The monoisotopic (exact) mass is 220 g/mol. The van der Waals surface area contributed by atoms with Gasteiger partial charge < -0.3 is 0 Å². The van der Waals surface area contributed by atoms with Crippen molar-refractivity contribution in [2.45, 2.75) is 5.38 Å². The molecule has 0 aromatic heterocycles. The van der Waals surface area contributed by atoms with E-state index in [-0.39, 0.29) is 11.2 Å². The van der Waals surface area contributed by atoms with Gasteiger partial charge in [0.05, 0.1) is 5.38 Å². The highest BCUT2D eigenvalue weighted by Gasteiger charge is 2.09. The van der Waals surface area contributed by atoms with Gasteiger partial charge in [0.1, 0.15) is 5.82 Å². The normalized spacial score (nSPS) is 12.4. The molecule has 0 spiro atoms. The molecule has 0 fully saturated rings. The fourth-order valence-electron chi connectivity index (χ4n) is 1.45. The molecule has 2 aromatic carbocycles. The molecule has 0 nitrogen and oxygen atoms in total. The summed E-state index contributed by atoms with van der Waals surface area (Å²) in [5.41, 5.74) is 1.93. The van der Waals surface area contributed by atoms with Gasteiger partial charge in [0.25, 0.3) is 0 Å². The Labute approximate surface area is 93.3 Å². The predicted molar refractivity (Wildman–Crippen MR) is 60.5 cm³/mol. The maximum atomic E-state index is 12.7. The molecule has 2 aromatic rings. The van der Waals surface area contributed by atoms with E-state index in [4.69, 9.17) is 11.6 Å². The third-order valence-corrected chi connectivity index (χ3v) is 2.76. The lowest BCUT2D eigenvalue weighted by atomic mass is 10.0. The summed E-state index contributed by atoms with van der Waals surface area (Å²) >= 11 is 6.26. The van der Waals surface area contributed by atoms with Gasteiger partial charge in [-0.25, -0.2) is 4.39 Å². The number of hydrogen-bond donors (Lipinski definition) is 0. The summed E-state index contributed by atoms with van der Waals surface area (Å²) in [6.45, 7) is 0. The molecule has 15 heavy (non-hydrogen) atoms. The fraction of sp³-hybridized carbons (Fsp3) is 0.0769. The zero-order valence-corrected chi connectivity index (χ0v) is 8.79.